The second kappa shape index (κ2) is 7.95. The highest BCUT2D eigenvalue weighted by Gasteiger charge is 2.13. The summed E-state index contributed by atoms with van der Waals surface area (Å²) in [6.07, 6.45) is 3.64. The van der Waals surface area contributed by atoms with E-state index in [4.69, 9.17) is 5.73 Å². The van der Waals surface area contributed by atoms with Crippen molar-refractivity contribution in [2.24, 2.45) is 11.7 Å². The smallest absolute Gasteiger partial charge is 0.226 e. The topological polar surface area (TPSA) is 46.3 Å². The molecule has 0 saturated carbocycles. The molecule has 0 aliphatic rings. The van der Waals surface area contributed by atoms with Crippen LogP contribution in [0.3, 0.4) is 0 Å². The lowest BCUT2D eigenvalue weighted by Gasteiger charge is -2.19. The third-order valence-electron chi connectivity index (χ3n) is 3.71. The lowest BCUT2D eigenvalue weighted by Crippen LogP contribution is -2.26. The van der Waals surface area contributed by atoms with Crippen LogP contribution in [0.15, 0.2) is 24.3 Å². The van der Waals surface area contributed by atoms with Crippen LogP contribution in [-0.2, 0) is 4.79 Å². The van der Waals surface area contributed by atoms with Gasteiger partial charge in [-0.1, -0.05) is 31.0 Å². The number of hydrogen-bond acceptors (Lipinski definition) is 2. The molecule has 1 rings (SSSR count). The number of benzene rings is 1. The third-order valence-corrected chi connectivity index (χ3v) is 3.71. The molecule has 1 aromatic rings. The van der Waals surface area contributed by atoms with Crippen LogP contribution >= 0.6 is 0 Å². The maximum atomic E-state index is 12.1. The normalized spacial score (nSPS) is 12.2. The zero-order valence-electron chi connectivity index (χ0n) is 12.4. The molecular weight excluding hydrogens is 236 g/mol. The van der Waals surface area contributed by atoms with Gasteiger partial charge in [-0.25, -0.2) is 0 Å². The van der Waals surface area contributed by atoms with Gasteiger partial charge >= 0.3 is 0 Å². The summed E-state index contributed by atoms with van der Waals surface area (Å²) in [5.74, 6) is 0.750. The number of nitrogens with zero attached hydrogens (tertiary/aromatic N) is 1. The number of nitrogens with two attached hydrogens (primary N) is 1. The molecule has 0 bridgehead atoms. The lowest BCUT2D eigenvalue weighted by molar-refractivity contribution is -0.118. The molecule has 0 aliphatic heterocycles. The molecule has 2 N–H and O–H groups in total. The molecule has 1 unspecified atom stereocenters. The standard InChI is InChI=1S/C16H26N2O/c1-4-14(11-12-17)7-10-16(19)18(3)15-8-5-13(2)6-9-15/h5-6,8-9,14H,4,7,10-12,17H2,1-3H3. The minimum absolute atomic E-state index is 0.180. The fraction of sp³-hybridized carbons (Fsp3) is 0.562. The van der Waals surface area contributed by atoms with E-state index in [1.165, 1.54) is 5.56 Å². The second-order valence-corrected chi connectivity index (χ2v) is 5.18. The van der Waals surface area contributed by atoms with Gasteiger partial charge in [0.05, 0.1) is 0 Å². The molecule has 0 aliphatic carbocycles. The molecule has 1 atom stereocenters. The Kier molecular flexibility index (Phi) is 6.57. The second-order valence-electron chi connectivity index (χ2n) is 5.18. The van der Waals surface area contributed by atoms with Crippen LogP contribution in [-0.4, -0.2) is 19.5 Å². The van der Waals surface area contributed by atoms with E-state index in [1.807, 2.05) is 38.2 Å². The Hall–Kier alpha value is -1.35. The monoisotopic (exact) mass is 262 g/mol. The number of carbonyl (C=O) groups excluding carboxylic acids is 1. The van der Waals surface area contributed by atoms with Gasteiger partial charge in [0.2, 0.25) is 5.91 Å². The predicted octanol–water partition coefficient (Wildman–Crippen LogP) is 3.11. The number of anilines is 1. The molecule has 3 nitrogen and oxygen atoms in total. The highest BCUT2D eigenvalue weighted by atomic mass is 16.2. The molecule has 0 saturated heterocycles. The van der Waals surface area contributed by atoms with Crippen LogP contribution < -0.4 is 10.6 Å². The molecule has 0 aromatic heterocycles. The first-order valence-corrected chi connectivity index (χ1v) is 7.11. The molecular formula is C16H26N2O. The number of aryl methyl sites for hydroxylation is 1. The summed E-state index contributed by atoms with van der Waals surface area (Å²) in [6, 6.07) is 8.04. The Labute approximate surface area is 116 Å². The number of rotatable bonds is 7. The Morgan fingerprint density at radius 2 is 1.89 bits per heavy atom. The molecule has 106 valence electrons. The van der Waals surface area contributed by atoms with E-state index < -0.39 is 0 Å². The summed E-state index contributed by atoms with van der Waals surface area (Å²) in [4.78, 5) is 13.9. The van der Waals surface area contributed by atoms with E-state index in [0.29, 0.717) is 18.9 Å². The van der Waals surface area contributed by atoms with Crippen molar-refractivity contribution in [2.75, 3.05) is 18.5 Å². The van der Waals surface area contributed by atoms with Crippen molar-refractivity contribution in [3.63, 3.8) is 0 Å². The minimum Gasteiger partial charge on any atom is -0.330 e. The molecule has 0 fully saturated rings. The van der Waals surface area contributed by atoms with Gasteiger partial charge in [0, 0.05) is 19.2 Å². The Bertz CT molecular complexity index is 386. The zero-order chi connectivity index (χ0) is 14.3. The van der Waals surface area contributed by atoms with Crippen molar-refractivity contribution in [3.8, 4) is 0 Å². The summed E-state index contributed by atoms with van der Waals surface area (Å²) in [6.45, 7) is 4.92. The van der Waals surface area contributed by atoms with E-state index in [9.17, 15) is 4.79 Å². The fourth-order valence-electron chi connectivity index (χ4n) is 2.20. The van der Waals surface area contributed by atoms with E-state index in [0.717, 1.165) is 24.9 Å². The van der Waals surface area contributed by atoms with Gasteiger partial charge in [-0.3, -0.25) is 4.79 Å². The number of carbonyl (C=O) groups is 1. The average Bonchev–Trinajstić information content (AvgIpc) is 2.43. The van der Waals surface area contributed by atoms with Gasteiger partial charge < -0.3 is 10.6 Å². The van der Waals surface area contributed by atoms with E-state index >= 15 is 0 Å². The molecule has 1 amide bonds. The Morgan fingerprint density at radius 3 is 2.42 bits per heavy atom. The molecule has 19 heavy (non-hydrogen) atoms. The lowest BCUT2D eigenvalue weighted by atomic mass is 9.96. The first kappa shape index (κ1) is 15.7. The number of hydrogen-bond donors (Lipinski definition) is 1. The maximum Gasteiger partial charge on any atom is 0.226 e. The summed E-state index contributed by atoms with van der Waals surface area (Å²) in [7, 11) is 1.84. The van der Waals surface area contributed by atoms with Crippen LogP contribution in [0.25, 0.3) is 0 Å². The van der Waals surface area contributed by atoms with E-state index in [1.54, 1.807) is 4.90 Å². The van der Waals surface area contributed by atoms with Crippen molar-refractivity contribution < 1.29 is 4.79 Å². The maximum absolute atomic E-state index is 12.1. The molecule has 0 radical (unpaired) electrons. The zero-order valence-corrected chi connectivity index (χ0v) is 12.4. The van der Waals surface area contributed by atoms with Crippen LogP contribution in [0.1, 0.15) is 38.2 Å². The Morgan fingerprint density at radius 1 is 1.26 bits per heavy atom. The first-order chi connectivity index (χ1) is 9.08. The highest BCUT2D eigenvalue weighted by molar-refractivity contribution is 5.92. The molecule has 0 spiro atoms. The van der Waals surface area contributed by atoms with Crippen LogP contribution in [0.5, 0.6) is 0 Å². The quantitative estimate of drug-likeness (QED) is 0.820. The van der Waals surface area contributed by atoms with Crippen molar-refractivity contribution in [1.82, 2.24) is 0 Å². The van der Waals surface area contributed by atoms with Crippen LogP contribution in [0.2, 0.25) is 0 Å². The molecule has 0 heterocycles. The highest BCUT2D eigenvalue weighted by Crippen LogP contribution is 2.18. The van der Waals surface area contributed by atoms with Crippen LogP contribution in [0.4, 0.5) is 5.69 Å². The summed E-state index contributed by atoms with van der Waals surface area (Å²) in [5, 5.41) is 0. The fourth-order valence-corrected chi connectivity index (χ4v) is 2.20. The first-order valence-electron chi connectivity index (χ1n) is 7.11. The van der Waals surface area contributed by atoms with E-state index in [-0.39, 0.29) is 5.91 Å². The SMILES string of the molecule is CCC(CCN)CCC(=O)N(C)c1ccc(C)cc1. The molecule has 1 aromatic carbocycles. The van der Waals surface area contributed by atoms with Gasteiger partial charge in [-0.05, 0) is 44.4 Å². The summed E-state index contributed by atoms with van der Waals surface area (Å²) < 4.78 is 0. The van der Waals surface area contributed by atoms with E-state index in [2.05, 4.69) is 6.92 Å². The van der Waals surface area contributed by atoms with Gasteiger partial charge in [-0.15, -0.1) is 0 Å². The molecule has 3 heteroatoms. The van der Waals surface area contributed by atoms with Gasteiger partial charge in [0.15, 0.2) is 0 Å². The third kappa shape index (κ3) is 5.03. The van der Waals surface area contributed by atoms with Crippen molar-refractivity contribution in [1.29, 1.82) is 0 Å². The van der Waals surface area contributed by atoms with Crippen LogP contribution in [0, 0.1) is 12.8 Å². The average molecular weight is 262 g/mol. The van der Waals surface area contributed by atoms with Crippen molar-refractivity contribution >= 4 is 11.6 Å². The van der Waals surface area contributed by atoms with Gasteiger partial charge in [0.25, 0.3) is 0 Å². The Balaban J connectivity index is 2.50. The van der Waals surface area contributed by atoms with Crippen molar-refractivity contribution in [3.05, 3.63) is 29.8 Å². The largest absolute Gasteiger partial charge is 0.330 e. The predicted molar refractivity (Wildman–Crippen MR) is 81.3 cm³/mol. The van der Waals surface area contributed by atoms with Gasteiger partial charge in [0.1, 0.15) is 0 Å². The summed E-state index contributed by atoms with van der Waals surface area (Å²) in [5.41, 5.74) is 7.75. The minimum atomic E-state index is 0.180. The number of amides is 1. The summed E-state index contributed by atoms with van der Waals surface area (Å²) >= 11 is 0. The van der Waals surface area contributed by atoms with Gasteiger partial charge in [-0.2, -0.15) is 0 Å². The van der Waals surface area contributed by atoms with Crippen molar-refractivity contribution in [2.45, 2.75) is 39.5 Å².